The molecule has 1 heterocycles. The van der Waals surface area contributed by atoms with Crippen LogP contribution in [-0.4, -0.2) is 26.5 Å². The fourth-order valence-corrected chi connectivity index (χ4v) is 3.35. The molecule has 0 N–H and O–H groups in total. The van der Waals surface area contributed by atoms with E-state index in [2.05, 4.69) is 36.8 Å². The molecule has 0 aliphatic carbocycles. The summed E-state index contributed by atoms with van der Waals surface area (Å²) in [6.45, 7) is 6.75. The van der Waals surface area contributed by atoms with E-state index >= 15 is 0 Å². The highest BCUT2D eigenvalue weighted by Crippen LogP contribution is 2.38. The van der Waals surface area contributed by atoms with Gasteiger partial charge in [-0.2, -0.15) is 0 Å². The topological polar surface area (TPSA) is 21.6 Å². The van der Waals surface area contributed by atoms with Crippen molar-refractivity contribution in [2.75, 3.05) is 19.8 Å². The van der Waals surface area contributed by atoms with Crippen LogP contribution in [0.1, 0.15) is 31.2 Å². The number of halogens is 1. The van der Waals surface area contributed by atoms with Crippen molar-refractivity contribution in [3.8, 4) is 5.75 Å². The molecule has 2 nitrogen and oxygen atoms in total. The number of nitrogens with zero attached hydrogens (tertiary/aromatic N) is 1. The molecule has 0 spiro atoms. The third kappa shape index (κ3) is 4.47. The molecule has 4 heteroatoms. The van der Waals surface area contributed by atoms with E-state index in [4.69, 9.17) is 4.74 Å². The average molecular weight is 319 g/mol. The molecule has 0 fully saturated rings. The summed E-state index contributed by atoms with van der Waals surface area (Å²) in [7, 11) is 0. The highest BCUT2D eigenvalue weighted by Gasteiger charge is 2.21. The number of hydrogen-bond donors (Lipinski definition) is 0. The van der Waals surface area contributed by atoms with Gasteiger partial charge in [-0.15, -0.1) is 0 Å². The molecule has 2 rings (SSSR count). The van der Waals surface area contributed by atoms with Crippen LogP contribution in [0, 0.1) is 0 Å². The second kappa shape index (κ2) is 8.79. The lowest BCUT2D eigenvalue weighted by Crippen LogP contribution is -2.16. The molecule has 1 aliphatic rings. The van der Waals surface area contributed by atoms with Crippen LogP contribution < -0.4 is 4.74 Å². The van der Waals surface area contributed by atoms with Gasteiger partial charge in [0.15, 0.2) is 0 Å². The van der Waals surface area contributed by atoms with Gasteiger partial charge in [0.05, 0.1) is 6.61 Å². The third-order valence-electron chi connectivity index (χ3n) is 3.60. The van der Waals surface area contributed by atoms with E-state index in [0.29, 0.717) is 5.92 Å². The highest BCUT2D eigenvalue weighted by molar-refractivity contribution is 8.03. The van der Waals surface area contributed by atoms with Gasteiger partial charge >= 0.3 is 0 Å². The van der Waals surface area contributed by atoms with Crippen molar-refractivity contribution in [1.82, 2.24) is 0 Å². The summed E-state index contributed by atoms with van der Waals surface area (Å²) in [5, 5.41) is 0. The molecule has 0 saturated carbocycles. The van der Waals surface area contributed by atoms with E-state index in [1.165, 1.54) is 16.5 Å². The number of fused-ring (bicyclic) bond motifs is 1. The van der Waals surface area contributed by atoms with E-state index in [0.717, 1.165) is 36.6 Å². The monoisotopic (exact) mass is 319 g/mol. The first-order chi connectivity index (χ1) is 10.8. The molecule has 1 aliphatic heterocycles. The number of allylic oxidation sites excluding steroid dienone is 4. The van der Waals surface area contributed by atoms with Gasteiger partial charge in [0.25, 0.3) is 0 Å². The Balaban J connectivity index is 2.15. The number of thioether (sulfide) groups is 1. The number of rotatable bonds is 7. The zero-order valence-corrected chi connectivity index (χ0v) is 13.7. The van der Waals surface area contributed by atoms with Crippen molar-refractivity contribution in [2.45, 2.75) is 30.6 Å². The van der Waals surface area contributed by atoms with Crippen LogP contribution >= 0.6 is 11.8 Å². The van der Waals surface area contributed by atoms with Crippen LogP contribution in [0.3, 0.4) is 0 Å². The number of hydrogen-bond acceptors (Lipinski definition) is 3. The summed E-state index contributed by atoms with van der Waals surface area (Å²) in [6, 6.07) is 6.35. The second-order valence-corrected chi connectivity index (χ2v) is 6.31. The SMILES string of the molecule is C=NCC1CCOc2cc(S/C(=C/C=C\CF)CC)ccc21. The van der Waals surface area contributed by atoms with Crippen molar-refractivity contribution in [3.63, 3.8) is 0 Å². The van der Waals surface area contributed by atoms with Crippen molar-refractivity contribution in [3.05, 3.63) is 46.9 Å². The smallest absolute Gasteiger partial charge is 0.123 e. The zero-order valence-electron chi connectivity index (χ0n) is 12.9. The van der Waals surface area contributed by atoms with Crippen LogP contribution in [-0.2, 0) is 0 Å². The quantitative estimate of drug-likeness (QED) is 0.393. The largest absolute Gasteiger partial charge is 0.493 e. The number of benzene rings is 1. The summed E-state index contributed by atoms with van der Waals surface area (Å²) in [5.74, 6) is 1.37. The zero-order chi connectivity index (χ0) is 15.8. The maximum atomic E-state index is 12.1. The Bertz CT molecular complexity index is 568. The lowest BCUT2D eigenvalue weighted by Gasteiger charge is -2.25. The molecule has 0 saturated heterocycles. The number of alkyl halides is 1. The van der Waals surface area contributed by atoms with E-state index < -0.39 is 6.67 Å². The van der Waals surface area contributed by atoms with Gasteiger partial charge < -0.3 is 9.73 Å². The van der Waals surface area contributed by atoms with Crippen LogP contribution in [0.2, 0.25) is 0 Å². The van der Waals surface area contributed by atoms with E-state index in [9.17, 15) is 4.39 Å². The first-order valence-corrected chi connectivity index (χ1v) is 8.38. The molecule has 1 atom stereocenters. The molecular weight excluding hydrogens is 297 g/mol. The van der Waals surface area contributed by atoms with Gasteiger partial charge in [0.1, 0.15) is 12.4 Å². The number of ether oxygens (including phenoxy) is 1. The second-order valence-electron chi connectivity index (χ2n) is 5.11. The van der Waals surface area contributed by atoms with Gasteiger partial charge in [0, 0.05) is 17.4 Å². The molecule has 118 valence electrons. The molecule has 0 aromatic heterocycles. The summed E-state index contributed by atoms with van der Waals surface area (Å²) in [4.78, 5) is 6.37. The Morgan fingerprint density at radius 2 is 2.41 bits per heavy atom. The minimum Gasteiger partial charge on any atom is -0.493 e. The Hall–Kier alpha value is -1.55. The molecule has 22 heavy (non-hydrogen) atoms. The minimum absolute atomic E-state index is 0.411. The van der Waals surface area contributed by atoms with E-state index in [1.807, 2.05) is 6.08 Å². The Morgan fingerprint density at radius 3 is 3.14 bits per heavy atom. The Morgan fingerprint density at radius 1 is 1.55 bits per heavy atom. The summed E-state index contributed by atoms with van der Waals surface area (Å²) >= 11 is 1.70. The molecule has 1 aromatic carbocycles. The first kappa shape index (κ1) is 16.8. The molecule has 0 radical (unpaired) electrons. The predicted octanol–water partition coefficient (Wildman–Crippen LogP) is 5.17. The average Bonchev–Trinajstić information content (AvgIpc) is 2.54. The molecule has 1 unspecified atom stereocenters. The van der Waals surface area contributed by atoms with Crippen LogP contribution in [0.5, 0.6) is 5.75 Å². The third-order valence-corrected chi connectivity index (χ3v) is 4.78. The fourth-order valence-electron chi connectivity index (χ4n) is 2.45. The predicted molar refractivity (Wildman–Crippen MR) is 93.1 cm³/mol. The van der Waals surface area contributed by atoms with Gasteiger partial charge in [0.2, 0.25) is 0 Å². The standard InChI is InChI=1S/C18H22FNOS/c1-3-15(6-4-5-10-19)22-16-7-8-17-14(13-20-2)9-11-21-18(17)12-16/h4-8,12,14H,2-3,9-11,13H2,1H3/b5-4-,15-6+. The lowest BCUT2D eigenvalue weighted by atomic mass is 9.93. The molecular formula is C18H22FNOS. The van der Waals surface area contributed by atoms with Crippen molar-refractivity contribution in [1.29, 1.82) is 0 Å². The molecule has 0 amide bonds. The van der Waals surface area contributed by atoms with Crippen molar-refractivity contribution < 1.29 is 9.13 Å². The number of aliphatic imine (C=N–C) groups is 1. The van der Waals surface area contributed by atoms with Gasteiger partial charge in [-0.3, -0.25) is 0 Å². The van der Waals surface area contributed by atoms with E-state index in [1.54, 1.807) is 17.8 Å². The minimum atomic E-state index is -0.427. The van der Waals surface area contributed by atoms with E-state index in [-0.39, 0.29) is 0 Å². The fraction of sp³-hybridized carbons (Fsp3) is 0.389. The van der Waals surface area contributed by atoms with Gasteiger partial charge in [-0.05, 0) is 42.2 Å². The maximum Gasteiger partial charge on any atom is 0.123 e. The highest BCUT2D eigenvalue weighted by atomic mass is 32.2. The Labute approximate surface area is 136 Å². The normalized spacial score (nSPS) is 18.1. The first-order valence-electron chi connectivity index (χ1n) is 7.57. The van der Waals surface area contributed by atoms with Crippen molar-refractivity contribution >= 4 is 18.5 Å². The van der Waals surface area contributed by atoms with Gasteiger partial charge in [-0.25, -0.2) is 4.39 Å². The Kier molecular flexibility index (Phi) is 6.72. The lowest BCUT2D eigenvalue weighted by molar-refractivity contribution is 0.268. The van der Waals surface area contributed by atoms with Gasteiger partial charge in [-0.1, -0.05) is 43.0 Å². The van der Waals surface area contributed by atoms with Crippen LogP contribution in [0.15, 0.2) is 51.2 Å². The van der Waals surface area contributed by atoms with Crippen LogP contribution in [0.4, 0.5) is 4.39 Å². The summed E-state index contributed by atoms with van der Waals surface area (Å²) in [6.07, 6.45) is 7.16. The molecule has 1 aromatic rings. The summed E-state index contributed by atoms with van der Waals surface area (Å²) < 4.78 is 17.9. The van der Waals surface area contributed by atoms with Crippen LogP contribution in [0.25, 0.3) is 0 Å². The maximum absolute atomic E-state index is 12.1. The molecule has 0 bridgehead atoms. The van der Waals surface area contributed by atoms with Crippen molar-refractivity contribution in [2.24, 2.45) is 4.99 Å². The summed E-state index contributed by atoms with van der Waals surface area (Å²) in [5.41, 5.74) is 1.22.